The van der Waals surface area contributed by atoms with E-state index in [0.717, 1.165) is 0 Å². The second kappa shape index (κ2) is 5.03. The lowest BCUT2D eigenvalue weighted by molar-refractivity contribution is -0.140. The van der Waals surface area contributed by atoms with E-state index in [1.165, 1.54) is 0 Å². The van der Waals surface area contributed by atoms with Crippen LogP contribution in [-0.2, 0) is 9.53 Å². The summed E-state index contributed by atoms with van der Waals surface area (Å²) in [5.74, 6) is -0.428. The number of ether oxygens (including phenoxy) is 1. The van der Waals surface area contributed by atoms with Crippen LogP contribution in [0.15, 0.2) is 0 Å². The van der Waals surface area contributed by atoms with Crippen molar-refractivity contribution in [2.75, 3.05) is 18.6 Å². The molecular formula is C4H6BrFO2. The summed E-state index contributed by atoms with van der Waals surface area (Å²) in [4.78, 5) is 10.1. The highest BCUT2D eigenvalue weighted by atomic mass is 79.9. The van der Waals surface area contributed by atoms with Gasteiger partial charge in [0, 0.05) is 0 Å². The van der Waals surface area contributed by atoms with Gasteiger partial charge in [-0.05, 0) is 0 Å². The van der Waals surface area contributed by atoms with Gasteiger partial charge >= 0.3 is 5.97 Å². The average Bonchev–Trinajstić information content (AvgIpc) is 1.83. The predicted molar refractivity (Wildman–Crippen MR) is 30.7 cm³/mol. The van der Waals surface area contributed by atoms with Crippen molar-refractivity contribution in [1.29, 1.82) is 0 Å². The van der Waals surface area contributed by atoms with E-state index in [0.29, 0.717) is 0 Å². The van der Waals surface area contributed by atoms with Crippen molar-refractivity contribution in [3.63, 3.8) is 0 Å². The van der Waals surface area contributed by atoms with Crippen molar-refractivity contribution in [3.05, 3.63) is 0 Å². The number of carbonyl (C=O) groups is 1. The van der Waals surface area contributed by atoms with Gasteiger partial charge in [-0.3, -0.25) is 4.79 Å². The SMILES string of the molecule is O=C(CBr)OCCF. The molecule has 4 heteroatoms. The van der Waals surface area contributed by atoms with E-state index in [4.69, 9.17) is 0 Å². The van der Waals surface area contributed by atoms with E-state index in [1.807, 2.05) is 0 Å². The highest BCUT2D eigenvalue weighted by molar-refractivity contribution is 9.09. The van der Waals surface area contributed by atoms with Gasteiger partial charge in [0.15, 0.2) is 0 Å². The molecular weight excluding hydrogens is 179 g/mol. The van der Waals surface area contributed by atoms with Crippen LogP contribution >= 0.6 is 15.9 Å². The minimum absolute atomic E-state index is 0.132. The number of carbonyl (C=O) groups excluding carboxylic acids is 1. The van der Waals surface area contributed by atoms with Crippen LogP contribution in [0, 0.1) is 0 Å². The van der Waals surface area contributed by atoms with Crippen molar-refractivity contribution in [1.82, 2.24) is 0 Å². The maximum Gasteiger partial charge on any atom is 0.316 e. The van der Waals surface area contributed by atoms with Gasteiger partial charge in [-0.2, -0.15) is 0 Å². The van der Waals surface area contributed by atoms with Crippen LogP contribution < -0.4 is 0 Å². The molecule has 0 radical (unpaired) electrons. The largest absolute Gasteiger partial charge is 0.462 e. The van der Waals surface area contributed by atoms with Gasteiger partial charge in [0.1, 0.15) is 18.6 Å². The third kappa shape index (κ3) is 4.05. The minimum atomic E-state index is -0.612. The number of alkyl halides is 2. The molecule has 0 aromatic rings. The molecule has 0 saturated carbocycles. The normalized spacial score (nSPS) is 8.75. The third-order valence-corrected chi connectivity index (χ3v) is 0.907. The number of hydrogen-bond acceptors (Lipinski definition) is 2. The molecule has 0 atom stereocenters. The minimum Gasteiger partial charge on any atom is -0.462 e. The van der Waals surface area contributed by atoms with Crippen LogP contribution in [0.5, 0.6) is 0 Å². The van der Waals surface area contributed by atoms with E-state index < -0.39 is 12.6 Å². The number of rotatable bonds is 3. The standard InChI is InChI=1S/C4H6BrFO2/c5-3-4(7)8-2-1-6/h1-3H2. The summed E-state index contributed by atoms with van der Waals surface area (Å²) in [6.45, 7) is -0.747. The Labute approximate surface area is 55.1 Å². The quantitative estimate of drug-likeness (QED) is 0.482. The molecule has 2 nitrogen and oxygen atoms in total. The first-order chi connectivity index (χ1) is 3.81. The molecule has 0 fully saturated rings. The number of hydrogen-bond donors (Lipinski definition) is 0. The molecule has 8 heavy (non-hydrogen) atoms. The molecule has 0 aliphatic carbocycles. The fourth-order valence-corrected chi connectivity index (χ4v) is 0.353. The van der Waals surface area contributed by atoms with Gasteiger partial charge in [-0.1, -0.05) is 15.9 Å². The molecule has 0 amide bonds. The maximum absolute atomic E-state index is 11.2. The lowest BCUT2D eigenvalue weighted by atomic mass is 10.7. The number of esters is 1. The van der Waals surface area contributed by atoms with E-state index in [9.17, 15) is 9.18 Å². The maximum atomic E-state index is 11.2. The molecule has 0 aliphatic rings. The molecule has 0 heterocycles. The van der Waals surface area contributed by atoms with E-state index in [2.05, 4.69) is 20.7 Å². The lowest BCUT2D eigenvalue weighted by Gasteiger charge is -1.95. The van der Waals surface area contributed by atoms with E-state index >= 15 is 0 Å². The van der Waals surface area contributed by atoms with Crippen LogP contribution in [0.3, 0.4) is 0 Å². The Balaban J connectivity index is 2.99. The lowest BCUT2D eigenvalue weighted by Crippen LogP contribution is -2.07. The molecule has 0 unspecified atom stereocenters. The van der Waals surface area contributed by atoms with E-state index in [1.54, 1.807) is 0 Å². The Morgan fingerprint density at radius 1 is 1.75 bits per heavy atom. The van der Waals surface area contributed by atoms with Crippen molar-refractivity contribution >= 4 is 21.9 Å². The molecule has 0 bridgehead atoms. The molecule has 0 aliphatic heterocycles. The summed E-state index contributed by atoms with van der Waals surface area (Å²) >= 11 is 2.85. The summed E-state index contributed by atoms with van der Waals surface area (Å²) in [6.07, 6.45) is 0. The fourth-order valence-electron chi connectivity index (χ4n) is 0.191. The fraction of sp³-hybridized carbons (Fsp3) is 0.750. The third-order valence-electron chi connectivity index (χ3n) is 0.449. The topological polar surface area (TPSA) is 26.3 Å². The summed E-state index contributed by atoms with van der Waals surface area (Å²) < 4.78 is 15.5. The summed E-state index contributed by atoms with van der Waals surface area (Å²) in [7, 11) is 0. The molecule has 0 aromatic heterocycles. The van der Waals surface area contributed by atoms with Crippen LogP contribution in [0.25, 0.3) is 0 Å². The van der Waals surface area contributed by atoms with Crippen molar-refractivity contribution < 1.29 is 13.9 Å². The Hall–Kier alpha value is -0.120. The second-order valence-electron chi connectivity index (χ2n) is 1.04. The zero-order chi connectivity index (χ0) is 6.41. The molecule has 0 N–H and O–H groups in total. The Morgan fingerprint density at radius 2 is 2.38 bits per heavy atom. The van der Waals surface area contributed by atoms with Gasteiger partial charge in [0.25, 0.3) is 0 Å². The summed E-state index contributed by atoms with van der Waals surface area (Å²) in [5.41, 5.74) is 0. The van der Waals surface area contributed by atoms with Crippen LogP contribution in [0.4, 0.5) is 4.39 Å². The Kier molecular flexibility index (Phi) is 4.95. The van der Waals surface area contributed by atoms with Gasteiger partial charge < -0.3 is 4.74 Å². The number of halogens is 2. The van der Waals surface area contributed by atoms with Crippen LogP contribution in [-0.4, -0.2) is 24.6 Å². The summed E-state index contributed by atoms with van der Waals surface area (Å²) in [5, 5.41) is 0.132. The van der Waals surface area contributed by atoms with Gasteiger partial charge in [-0.15, -0.1) is 0 Å². The second-order valence-corrected chi connectivity index (χ2v) is 1.60. The van der Waals surface area contributed by atoms with Crippen molar-refractivity contribution in [2.45, 2.75) is 0 Å². The summed E-state index contributed by atoms with van der Waals surface area (Å²) in [6, 6.07) is 0. The average molecular weight is 185 g/mol. The van der Waals surface area contributed by atoms with Crippen molar-refractivity contribution in [2.24, 2.45) is 0 Å². The molecule has 0 saturated heterocycles. The molecule has 48 valence electrons. The van der Waals surface area contributed by atoms with Crippen LogP contribution in [0.1, 0.15) is 0 Å². The first-order valence-electron chi connectivity index (χ1n) is 2.08. The van der Waals surface area contributed by atoms with Gasteiger partial charge in [0.05, 0.1) is 0 Å². The molecule has 0 spiro atoms. The Morgan fingerprint density at radius 3 is 2.75 bits per heavy atom. The predicted octanol–water partition coefficient (Wildman–Crippen LogP) is 0.894. The van der Waals surface area contributed by atoms with Crippen LogP contribution in [0.2, 0.25) is 0 Å². The van der Waals surface area contributed by atoms with Gasteiger partial charge in [-0.25, -0.2) is 4.39 Å². The molecule has 0 rings (SSSR count). The Bertz CT molecular complexity index is 76.4. The highest BCUT2D eigenvalue weighted by Gasteiger charge is 1.95. The first-order valence-corrected chi connectivity index (χ1v) is 3.21. The highest BCUT2D eigenvalue weighted by Crippen LogP contribution is 1.84. The van der Waals surface area contributed by atoms with Gasteiger partial charge in [0.2, 0.25) is 0 Å². The zero-order valence-corrected chi connectivity index (χ0v) is 5.78. The first kappa shape index (κ1) is 7.88. The monoisotopic (exact) mass is 184 g/mol. The van der Waals surface area contributed by atoms with Crippen molar-refractivity contribution in [3.8, 4) is 0 Å². The van der Waals surface area contributed by atoms with E-state index in [-0.39, 0.29) is 11.9 Å². The molecule has 0 aromatic carbocycles. The smallest absolute Gasteiger partial charge is 0.316 e. The zero-order valence-electron chi connectivity index (χ0n) is 4.19.